The third kappa shape index (κ3) is 4.33. The van der Waals surface area contributed by atoms with E-state index in [1.807, 2.05) is 0 Å². The van der Waals surface area contributed by atoms with Crippen LogP contribution in [0, 0.1) is 6.92 Å². The normalized spacial score (nSPS) is 12.3. The second kappa shape index (κ2) is 8.52. The van der Waals surface area contributed by atoms with E-state index < -0.39 is 40.9 Å². The lowest BCUT2D eigenvalue weighted by molar-refractivity contribution is -0.142. The number of anilines is 2. The molecular weight excluding hydrogens is 460 g/mol. The molecule has 0 aliphatic carbocycles. The largest absolute Gasteiger partial charge is 0.431 e. The molecule has 0 aliphatic heterocycles. The van der Waals surface area contributed by atoms with Crippen LogP contribution in [0.25, 0.3) is 5.65 Å². The first-order valence-corrected chi connectivity index (χ1v) is 10.2. The third-order valence-corrected chi connectivity index (χ3v) is 5.39. The van der Waals surface area contributed by atoms with Crippen molar-refractivity contribution in [2.45, 2.75) is 31.2 Å². The molecule has 0 fully saturated rings. The molecule has 0 aliphatic rings. The number of nitrogens with zero attached hydrogens (tertiary/aromatic N) is 3. The maximum Gasteiger partial charge on any atom is 0.431 e. The summed E-state index contributed by atoms with van der Waals surface area (Å²) >= 11 is 0.918. The molecule has 3 aromatic heterocycles. The minimum atomic E-state index is -4.84. The van der Waals surface area contributed by atoms with Crippen LogP contribution in [0.1, 0.15) is 34.4 Å². The molecule has 0 radical (unpaired) electrons. The second-order valence-electron chi connectivity index (χ2n) is 6.51. The lowest BCUT2D eigenvalue weighted by Gasteiger charge is -2.19. The van der Waals surface area contributed by atoms with Crippen LogP contribution in [-0.4, -0.2) is 33.1 Å². The summed E-state index contributed by atoms with van der Waals surface area (Å²) in [7, 11) is 1.27. The predicted molar refractivity (Wildman–Crippen MR) is 108 cm³/mol. The number of amides is 1. The molecule has 1 amide bonds. The Morgan fingerprint density at radius 2 is 1.84 bits per heavy atom. The standard InChI is InChI=1S/C19H17F6N5OS/c1-4-32-17-15(28-12-7-5-6-11(30(12)17)18(20,21)22)16(31)29-14-9(2)27-8-10(26-3)13(14)19(23,24)25/h5-8,26H,4H2,1-3H3,(H,29,31). The Labute approximate surface area is 182 Å². The van der Waals surface area contributed by atoms with E-state index in [-0.39, 0.29) is 22.1 Å². The third-order valence-electron chi connectivity index (χ3n) is 4.45. The van der Waals surface area contributed by atoms with Gasteiger partial charge in [-0.1, -0.05) is 13.0 Å². The van der Waals surface area contributed by atoms with Gasteiger partial charge in [0.2, 0.25) is 0 Å². The maximum absolute atomic E-state index is 13.7. The van der Waals surface area contributed by atoms with Crippen molar-refractivity contribution in [3.05, 3.63) is 47.0 Å². The highest BCUT2D eigenvalue weighted by molar-refractivity contribution is 7.99. The van der Waals surface area contributed by atoms with Gasteiger partial charge < -0.3 is 10.6 Å². The Bertz CT molecular complexity index is 1170. The lowest BCUT2D eigenvalue weighted by Crippen LogP contribution is -2.21. The lowest BCUT2D eigenvalue weighted by atomic mass is 10.1. The number of carbonyl (C=O) groups excluding carboxylic acids is 1. The summed E-state index contributed by atoms with van der Waals surface area (Å²) in [4.78, 5) is 20.8. The summed E-state index contributed by atoms with van der Waals surface area (Å²) in [6.07, 6.45) is -8.59. The van der Waals surface area contributed by atoms with E-state index in [0.29, 0.717) is 5.75 Å². The van der Waals surface area contributed by atoms with E-state index in [4.69, 9.17) is 0 Å². The first kappa shape index (κ1) is 23.7. The summed E-state index contributed by atoms with van der Waals surface area (Å²) < 4.78 is 82.5. The van der Waals surface area contributed by atoms with Crippen molar-refractivity contribution in [3.63, 3.8) is 0 Å². The Morgan fingerprint density at radius 1 is 1.16 bits per heavy atom. The topological polar surface area (TPSA) is 71.3 Å². The molecule has 172 valence electrons. The molecule has 3 heterocycles. The van der Waals surface area contributed by atoms with E-state index >= 15 is 0 Å². The molecule has 0 spiro atoms. The molecule has 3 aromatic rings. The predicted octanol–water partition coefficient (Wildman–Crippen LogP) is 5.48. The van der Waals surface area contributed by atoms with E-state index in [9.17, 15) is 31.1 Å². The molecule has 32 heavy (non-hydrogen) atoms. The van der Waals surface area contributed by atoms with Gasteiger partial charge in [0.1, 0.15) is 21.9 Å². The van der Waals surface area contributed by atoms with Crippen LogP contribution in [0.4, 0.5) is 37.7 Å². The monoisotopic (exact) mass is 477 g/mol. The van der Waals surface area contributed by atoms with Crippen LogP contribution in [0.2, 0.25) is 0 Å². The van der Waals surface area contributed by atoms with Gasteiger partial charge in [0, 0.05) is 7.05 Å². The van der Waals surface area contributed by atoms with Crippen molar-refractivity contribution < 1.29 is 31.1 Å². The van der Waals surface area contributed by atoms with Crippen LogP contribution in [0.15, 0.2) is 29.4 Å². The first-order chi connectivity index (χ1) is 14.9. The van der Waals surface area contributed by atoms with Crippen molar-refractivity contribution in [2.75, 3.05) is 23.4 Å². The molecule has 13 heteroatoms. The number of fused-ring (bicyclic) bond motifs is 1. The number of aromatic nitrogens is 3. The van der Waals surface area contributed by atoms with Gasteiger partial charge in [-0.2, -0.15) is 26.3 Å². The number of hydrogen-bond acceptors (Lipinski definition) is 5. The van der Waals surface area contributed by atoms with Crippen molar-refractivity contribution in [2.24, 2.45) is 0 Å². The summed E-state index contributed by atoms with van der Waals surface area (Å²) in [6.45, 7) is 2.94. The number of halogens is 6. The fourth-order valence-corrected chi connectivity index (χ4v) is 3.99. The van der Waals surface area contributed by atoms with E-state index in [0.717, 1.165) is 34.5 Å². The van der Waals surface area contributed by atoms with E-state index in [1.165, 1.54) is 20.0 Å². The van der Waals surface area contributed by atoms with Crippen molar-refractivity contribution in [1.29, 1.82) is 0 Å². The maximum atomic E-state index is 13.7. The number of carbonyl (C=O) groups is 1. The van der Waals surface area contributed by atoms with Gasteiger partial charge in [-0.15, -0.1) is 11.8 Å². The van der Waals surface area contributed by atoms with Gasteiger partial charge in [-0.25, -0.2) is 4.98 Å². The SMILES string of the molecule is CCSc1c(C(=O)Nc2c(C)ncc(NC)c2C(F)(F)F)nc2cccc(C(F)(F)F)n12. The zero-order valence-corrected chi connectivity index (χ0v) is 17.8. The van der Waals surface area contributed by atoms with Crippen LogP contribution in [0.3, 0.4) is 0 Å². The van der Waals surface area contributed by atoms with Crippen LogP contribution >= 0.6 is 11.8 Å². The van der Waals surface area contributed by atoms with Gasteiger partial charge in [0.15, 0.2) is 5.69 Å². The Hall–Kier alpha value is -2.96. The minimum absolute atomic E-state index is 0.117. The summed E-state index contributed by atoms with van der Waals surface area (Å²) in [5.74, 6) is -0.786. The highest BCUT2D eigenvalue weighted by Gasteiger charge is 2.39. The number of aryl methyl sites for hydroxylation is 1. The number of nitrogens with one attached hydrogen (secondary N) is 2. The van der Waals surface area contributed by atoms with Crippen LogP contribution < -0.4 is 10.6 Å². The quantitative estimate of drug-likeness (QED) is 0.376. The van der Waals surface area contributed by atoms with Crippen molar-refractivity contribution >= 4 is 34.7 Å². The Balaban J connectivity index is 2.18. The number of hydrogen-bond donors (Lipinski definition) is 2. The molecule has 0 aromatic carbocycles. The number of thioether (sulfide) groups is 1. The van der Waals surface area contributed by atoms with Crippen LogP contribution in [-0.2, 0) is 12.4 Å². The molecule has 0 unspecified atom stereocenters. The second-order valence-corrected chi connectivity index (χ2v) is 7.76. The summed E-state index contributed by atoms with van der Waals surface area (Å²) in [5.41, 5.74) is -3.86. The molecular formula is C19H17F6N5OS. The van der Waals surface area contributed by atoms with Crippen LogP contribution in [0.5, 0.6) is 0 Å². The average Bonchev–Trinajstić information content (AvgIpc) is 3.06. The Kier molecular flexibility index (Phi) is 6.31. The number of imidazole rings is 1. The molecule has 3 rings (SSSR count). The highest BCUT2D eigenvalue weighted by Crippen LogP contribution is 2.41. The number of rotatable bonds is 5. The molecule has 2 N–H and O–H groups in total. The summed E-state index contributed by atoms with van der Waals surface area (Å²) in [6, 6.07) is 3.25. The zero-order valence-electron chi connectivity index (χ0n) is 16.9. The molecule has 0 bridgehead atoms. The Morgan fingerprint density at radius 3 is 2.41 bits per heavy atom. The zero-order chi connectivity index (χ0) is 23.8. The van der Waals surface area contributed by atoms with Gasteiger partial charge in [-0.3, -0.25) is 14.2 Å². The van der Waals surface area contributed by atoms with E-state index in [2.05, 4.69) is 20.6 Å². The van der Waals surface area contributed by atoms with Crippen molar-refractivity contribution in [3.8, 4) is 0 Å². The van der Waals surface area contributed by atoms with Gasteiger partial charge in [0.05, 0.1) is 23.3 Å². The van der Waals surface area contributed by atoms with Crippen molar-refractivity contribution in [1.82, 2.24) is 14.4 Å². The smallest absolute Gasteiger partial charge is 0.386 e. The molecule has 0 atom stereocenters. The number of pyridine rings is 2. The van der Waals surface area contributed by atoms with E-state index in [1.54, 1.807) is 6.92 Å². The molecule has 0 saturated carbocycles. The van der Waals surface area contributed by atoms with Gasteiger partial charge in [-0.05, 0) is 24.8 Å². The fourth-order valence-electron chi connectivity index (χ4n) is 3.12. The average molecular weight is 477 g/mol. The minimum Gasteiger partial charge on any atom is -0.386 e. The highest BCUT2D eigenvalue weighted by atomic mass is 32.2. The van der Waals surface area contributed by atoms with Gasteiger partial charge in [0.25, 0.3) is 5.91 Å². The first-order valence-electron chi connectivity index (χ1n) is 9.17. The summed E-state index contributed by atoms with van der Waals surface area (Å²) in [5, 5.41) is 4.41. The fraction of sp³-hybridized carbons (Fsp3) is 0.316. The molecule has 6 nitrogen and oxygen atoms in total. The molecule has 0 saturated heterocycles. The van der Waals surface area contributed by atoms with Gasteiger partial charge >= 0.3 is 12.4 Å². The number of alkyl halides is 6.